The van der Waals surface area contributed by atoms with Gasteiger partial charge in [-0.15, -0.1) is 0 Å². The average molecular weight is 596 g/mol. The van der Waals surface area contributed by atoms with Gasteiger partial charge in [0.05, 0.1) is 13.2 Å². The minimum Gasteiger partial charge on any atom is -0.496 e. The summed E-state index contributed by atoms with van der Waals surface area (Å²) in [6.45, 7) is 3.89. The first-order valence-corrected chi connectivity index (χ1v) is 15.6. The molecule has 4 atom stereocenters. The van der Waals surface area contributed by atoms with Crippen LogP contribution in [0.2, 0.25) is 0 Å². The third-order valence-electron chi connectivity index (χ3n) is 9.06. The lowest BCUT2D eigenvalue weighted by atomic mass is 9.78. The minimum atomic E-state index is -1.53. The molecule has 43 heavy (non-hydrogen) atoms. The molecule has 0 bridgehead atoms. The summed E-state index contributed by atoms with van der Waals surface area (Å²) in [4.78, 5) is 56.2. The molecule has 0 radical (unpaired) electrons. The largest absolute Gasteiger partial charge is 0.496 e. The van der Waals surface area contributed by atoms with E-state index in [0.717, 1.165) is 55.8 Å². The molecule has 1 aromatic heterocycles. The van der Waals surface area contributed by atoms with Crippen LogP contribution in [0.1, 0.15) is 88.5 Å². The minimum absolute atomic E-state index is 0.0294. The zero-order chi connectivity index (χ0) is 30.7. The van der Waals surface area contributed by atoms with Crippen LogP contribution in [0.15, 0.2) is 24.3 Å². The molecule has 4 amide bonds. The first-order chi connectivity index (χ1) is 20.6. The predicted octanol–water partition coefficient (Wildman–Crippen LogP) is 2.67. The molecule has 2 heterocycles. The van der Waals surface area contributed by atoms with Gasteiger partial charge in [0.15, 0.2) is 6.10 Å². The first kappa shape index (κ1) is 30.8. The Balaban J connectivity index is 1.32. The van der Waals surface area contributed by atoms with Gasteiger partial charge in [-0.25, -0.2) is 0 Å². The van der Waals surface area contributed by atoms with Gasteiger partial charge in [-0.1, -0.05) is 39.2 Å². The number of carbonyl (C=O) groups is 4. The maximum atomic E-state index is 13.7. The monoisotopic (exact) mass is 595 g/mol. The summed E-state index contributed by atoms with van der Waals surface area (Å²) in [6.07, 6.45) is 6.35. The molecule has 1 aliphatic heterocycles. The second-order valence-corrected chi connectivity index (χ2v) is 13.1. The summed E-state index contributed by atoms with van der Waals surface area (Å²) >= 11 is 0. The molecular formula is C32H45N5O6. The number of aliphatic hydroxyl groups excluding tert-OH is 1. The van der Waals surface area contributed by atoms with Gasteiger partial charge in [-0.3, -0.25) is 19.2 Å². The molecule has 2 saturated carbocycles. The van der Waals surface area contributed by atoms with Crippen LogP contribution in [-0.4, -0.2) is 70.6 Å². The molecule has 1 saturated heterocycles. The lowest BCUT2D eigenvalue weighted by molar-refractivity contribution is -0.134. The summed E-state index contributed by atoms with van der Waals surface area (Å²) in [5.74, 6) is -1.39. The van der Waals surface area contributed by atoms with E-state index in [1.165, 1.54) is 0 Å². The van der Waals surface area contributed by atoms with Crippen molar-refractivity contribution >= 4 is 34.5 Å². The van der Waals surface area contributed by atoms with Crippen molar-refractivity contribution in [3.63, 3.8) is 0 Å². The van der Waals surface area contributed by atoms with E-state index in [1.54, 1.807) is 19.2 Å². The van der Waals surface area contributed by atoms with E-state index in [1.807, 2.05) is 26.0 Å². The SMILES string of the molecule is COc1cccc2[nH]c(C(=O)N[C@@H](CC(C)C)C(=O)NC(CC3CC4(CCCCC4)NC3=O)C(O)C(=O)NC3CC3)cc12. The summed E-state index contributed by atoms with van der Waals surface area (Å²) in [7, 11) is 1.56. The van der Waals surface area contributed by atoms with Gasteiger partial charge < -0.3 is 36.1 Å². The fourth-order valence-electron chi connectivity index (χ4n) is 6.65. The van der Waals surface area contributed by atoms with Gasteiger partial charge in [0.2, 0.25) is 11.8 Å². The number of hydrogen-bond acceptors (Lipinski definition) is 6. The number of benzene rings is 1. The zero-order valence-corrected chi connectivity index (χ0v) is 25.3. The van der Waals surface area contributed by atoms with E-state index in [-0.39, 0.29) is 35.5 Å². The molecule has 11 heteroatoms. The van der Waals surface area contributed by atoms with Crippen molar-refractivity contribution in [3.05, 3.63) is 30.0 Å². The van der Waals surface area contributed by atoms with Crippen LogP contribution >= 0.6 is 0 Å². The Morgan fingerprint density at radius 1 is 1.09 bits per heavy atom. The van der Waals surface area contributed by atoms with Crippen molar-refractivity contribution in [3.8, 4) is 5.75 Å². The molecule has 1 spiro atoms. The number of carbonyl (C=O) groups excluding carboxylic acids is 4. The maximum Gasteiger partial charge on any atom is 0.268 e. The lowest BCUT2D eigenvalue weighted by Gasteiger charge is -2.33. The lowest BCUT2D eigenvalue weighted by Crippen LogP contribution is -2.56. The first-order valence-electron chi connectivity index (χ1n) is 15.6. The third kappa shape index (κ3) is 7.31. The molecule has 3 unspecified atom stereocenters. The van der Waals surface area contributed by atoms with Gasteiger partial charge in [-0.2, -0.15) is 0 Å². The zero-order valence-electron chi connectivity index (χ0n) is 25.3. The van der Waals surface area contributed by atoms with Crippen molar-refractivity contribution in [1.29, 1.82) is 0 Å². The number of fused-ring (bicyclic) bond motifs is 1. The Hall–Kier alpha value is -3.60. The fraction of sp³-hybridized carbons (Fsp3) is 0.625. The quantitative estimate of drug-likeness (QED) is 0.221. The van der Waals surface area contributed by atoms with Gasteiger partial charge in [0.25, 0.3) is 11.8 Å². The maximum absolute atomic E-state index is 13.7. The average Bonchev–Trinajstić information content (AvgIpc) is 3.59. The van der Waals surface area contributed by atoms with Gasteiger partial charge in [0.1, 0.15) is 17.5 Å². The van der Waals surface area contributed by atoms with Crippen LogP contribution in [-0.2, 0) is 14.4 Å². The van der Waals surface area contributed by atoms with E-state index in [0.29, 0.717) is 18.6 Å². The van der Waals surface area contributed by atoms with Gasteiger partial charge in [0, 0.05) is 28.4 Å². The van der Waals surface area contributed by atoms with Crippen molar-refractivity contribution in [1.82, 2.24) is 26.3 Å². The molecule has 3 aliphatic rings. The van der Waals surface area contributed by atoms with Crippen LogP contribution in [0.25, 0.3) is 10.9 Å². The molecule has 5 rings (SSSR count). The summed E-state index contributed by atoms with van der Waals surface area (Å²) < 4.78 is 5.40. The number of aromatic amines is 1. The van der Waals surface area contributed by atoms with Gasteiger partial charge >= 0.3 is 0 Å². The molecule has 1 aromatic carbocycles. The Labute approximate surface area is 252 Å². The van der Waals surface area contributed by atoms with Crippen LogP contribution in [0, 0.1) is 11.8 Å². The fourth-order valence-corrected chi connectivity index (χ4v) is 6.65. The van der Waals surface area contributed by atoms with Crippen LogP contribution in [0.3, 0.4) is 0 Å². The number of amides is 4. The topological polar surface area (TPSA) is 162 Å². The molecule has 11 nitrogen and oxygen atoms in total. The van der Waals surface area contributed by atoms with Crippen molar-refractivity contribution in [2.24, 2.45) is 11.8 Å². The number of aliphatic hydroxyl groups is 1. The van der Waals surface area contributed by atoms with Crippen LogP contribution < -0.4 is 26.0 Å². The smallest absolute Gasteiger partial charge is 0.268 e. The van der Waals surface area contributed by atoms with Gasteiger partial charge in [-0.05, 0) is 69.1 Å². The number of H-pyrrole nitrogens is 1. The number of rotatable bonds is 12. The van der Waals surface area contributed by atoms with E-state index in [2.05, 4.69) is 26.3 Å². The normalized spacial score (nSPS) is 21.7. The molecule has 2 aromatic rings. The summed E-state index contributed by atoms with van der Waals surface area (Å²) in [6, 6.07) is 5.25. The third-order valence-corrected chi connectivity index (χ3v) is 9.06. The van der Waals surface area contributed by atoms with E-state index in [9.17, 15) is 24.3 Å². The molecule has 3 fully saturated rings. The molecule has 234 valence electrons. The highest BCUT2D eigenvalue weighted by Gasteiger charge is 2.46. The predicted molar refractivity (Wildman–Crippen MR) is 161 cm³/mol. The number of methoxy groups -OCH3 is 1. The van der Waals surface area contributed by atoms with Crippen LogP contribution in [0.5, 0.6) is 5.75 Å². The molecular weight excluding hydrogens is 550 g/mol. The standard InChI is InChI=1S/C32H45N5O6/c1-18(2)14-24(36-30(41)25-16-21-22(34-25)8-7-9-26(21)43-3)29(40)35-23(27(38)31(42)33-20-10-11-20)15-19-17-32(37-28(19)39)12-5-4-6-13-32/h7-9,16,18-20,23-24,27,34,38H,4-6,10-15,17H2,1-3H3,(H,33,42)(H,35,40)(H,36,41)(H,37,39)/t19?,23?,24-,27?/m0/s1. The number of nitrogens with one attached hydrogen (secondary N) is 5. The Bertz CT molecular complexity index is 1340. The second-order valence-electron chi connectivity index (χ2n) is 13.1. The van der Waals surface area contributed by atoms with Crippen molar-refractivity contribution in [2.45, 2.75) is 108 Å². The van der Waals surface area contributed by atoms with E-state index in [4.69, 9.17) is 4.74 Å². The van der Waals surface area contributed by atoms with Crippen molar-refractivity contribution < 1.29 is 29.0 Å². The van der Waals surface area contributed by atoms with Crippen LogP contribution in [0.4, 0.5) is 0 Å². The highest BCUT2D eigenvalue weighted by molar-refractivity contribution is 6.01. The Morgan fingerprint density at radius 3 is 2.51 bits per heavy atom. The highest BCUT2D eigenvalue weighted by Crippen LogP contribution is 2.39. The Morgan fingerprint density at radius 2 is 1.84 bits per heavy atom. The van der Waals surface area contributed by atoms with Crippen molar-refractivity contribution in [2.75, 3.05) is 7.11 Å². The molecule has 2 aliphatic carbocycles. The van der Waals surface area contributed by atoms with E-state index < -0.39 is 41.8 Å². The Kier molecular flexibility index (Phi) is 9.29. The highest BCUT2D eigenvalue weighted by atomic mass is 16.5. The second kappa shape index (κ2) is 13.0. The summed E-state index contributed by atoms with van der Waals surface area (Å²) in [5, 5.41) is 23.6. The molecule has 6 N–H and O–H groups in total. The summed E-state index contributed by atoms with van der Waals surface area (Å²) in [5.41, 5.74) is 0.762. The van der Waals surface area contributed by atoms with E-state index >= 15 is 0 Å². The number of hydrogen-bond donors (Lipinski definition) is 6. The number of aromatic nitrogens is 1. The number of ether oxygens (including phenoxy) is 1.